The largest absolute Gasteiger partial charge is 0.399 e. The predicted molar refractivity (Wildman–Crippen MR) is 117 cm³/mol. The van der Waals surface area contributed by atoms with Gasteiger partial charge in [0.25, 0.3) is 5.91 Å². The second-order valence-electron chi connectivity index (χ2n) is 6.56. The fourth-order valence-corrected chi connectivity index (χ4v) is 3.84. The fourth-order valence-electron chi connectivity index (χ4n) is 3.24. The molecule has 6 heteroatoms. The second kappa shape index (κ2) is 7.87. The maximum Gasteiger partial charge on any atom is 0.255 e. The Kier molecular flexibility index (Phi) is 5.12. The van der Waals surface area contributed by atoms with Crippen molar-refractivity contribution in [2.75, 3.05) is 11.1 Å². The number of amides is 1. The zero-order valence-corrected chi connectivity index (χ0v) is 16.1. The van der Waals surface area contributed by atoms with Gasteiger partial charge in [0.05, 0.1) is 10.6 Å². The van der Waals surface area contributed by atoms with Crippen molar-refractivity contribution in [2.24, 2.45) is 0 Å². The molecule has 1 amide bonds. The first-order valence-corrected chi connectivity index (χ1v) is 10.0. The first-order valence-electron chi connectivity index (χ1n) is 8.93. The van der Waals surface area contributed by atoms with E-state index in [0.717, 1.165) is 16.5 Å². The molecule has 0 fully saturated rings. The van der Waals surface area contributed by atoms with Gasteiger partial charge in [-0.05, 0) is 52.9 Å². The van der Waals surface area contributed by atoms with E-state index in [9.17, 15) is 13.6 Å². The number of nitrogens with one attached hydrogen (secondary N) is 1. The van der Waals surface area contributed by atoms with Gasteiger partial charge in [0.1, 0.15) is 0 Å². The minimum atomic E-state index is -2.16. The SMILES string of the molecule is Nc1ccc(-c2ccc(C(=O)Nc3cccc4cccc(S(=O)O)c34)cc2)cc1. The van der Waals surface area contributed by atoms with Gasteiger partial charge in [-0.15, -0.1) is 0 Å². The van der Waals surface area contributed by atoms with E-state index in [4.69, 9.17) is 5.73 Å². The predicted octanol–water partition coefficient (Wildman–Crippen LogP) is 4.92. The molecule has 144 valence electrons. The van der Waals surface area contributed by atoms with Crippen LogP contribution in [0.4, 0.5) is 11.4 Å². The Balaban J connectivity index is 1.63. The lowest BCUT2D eigenvalue weighted by Crippen LogP contribution is -2.12. The summed E-state index contributed by atoms with van der Waals surface area (Å²) in [5.41, 5.74) is 9.39. The van der Waals surface area contributed by atoms with E-state index < -0.39 is 11.1 Å². The molecule has 4 aromatic rings. The Morgan fingerprint density at radius 2 is 1.41 bits per heavy atom. The number of hydrogen-bond acceptors (Lipinski definition) is 3. The topological polar surface area (TPSA) is 92.4 Å². The molecule has 4 rings (SSSR count). The quantitative estimate of drug-likeness (QED) is 0.334. The Labute approximate surface area is 170 Å². The molecule has 1 unspecified atom stereocenters. The minimum Gasteiger partial charge on any atom is -0.399 e. The van der Waals surface area contributed by atoms with Crippen molar-refractivity contribution in [1.82, 2.24) is 0 Å². The van der Waals surface area contributed by atoms with Gasteiger partial charge in [0, 0.05) is 16.6 Å². The van der Waals surface area contributed by atoms with Crippen LogP contribution in [0.5, 0.6) is 0 Å². The molecule has 0 saturated carbocycles. The molecular weight excluding hydrogens is 384 g/mol. The number of benzene rings is 4. The third-order valence-corrected chi connectivity index (χ3v) is 5.41. The van der Waals surface area contributed by atoms with Gasteiger partial charge in [-0.2, -0.15) is 0 Å². The third-order valence-electron chi connectivity index (χ3n) is 4.69. The number of nitrogen functional groups attached to an aromatic ring is 1. The Morgan fingerprint density at radius 3 is 2.03 bits per heavy atom. The van der Waals surface area contributed by atoms with E-state index in [2.05, 4.69) is 5.32 Å². The van der Waals surface area contributed by atoms with Crippen LogP contribution >= 0.6 is 0 Å². The molecule has 0 saturated heterocycles. The molecule has 0 aliphatic heterocycles. The molecule has 0 aliphatic rings. The fraction of sp³-hybridized carbons (Fsp3) is 0. The summed E-state index contributed by atoms with van der Waals surface area (Å²) in [5.74, 6) is -0.292. The molecule has 4 N–H and O–H groups in total. The molecule has 0 radical (unpaired) electrons. The van der Waals surface area contributed by atoms with E-state index in [1.165, 1.54) is 0 Å². The summed E-state index contributed by atoms with van der Waals surface area (Å²) in [6, 6.07) is 25.2. The van der Waals surface area contributed by atoms with E-state index >= 15 is 0 Å². The standard InChI is InChI=1S/C23H18N2O3S/c24-19-13-11-16(12-14-19)15-7-9-18(10-8-15)23(26)25-20-5-1-3-17-4-2-6-21(22(17)20)29(27)28/h1-14H,24H2,(H,25,26)(H,27,28). The van der Waals surface area contributed by atoms with Crippen molar-refractivity contribution in [3.05, 3.63) is 90.5 Å². The summed E-state index contributed by atoms with van der Waals surface area (Å²) in [6.07, 6.45) is 0. The Morgan fingerprint density at radius 1 is 0.828 bits per heavy atom. The first-order chi connectivity index (χ1) is 14.0. The molecule has 1 atom stereocenters. The summed E-state index contributed by atoms with van der Waals surface area (Å²) in [4.78, 5) is 13.0. The highest BCUT2D eigenvalue weighted by Gasteiger charge is 2.13. The number of anilines is 2. The van der Waals surface area contributed by atoms with Crippen molar-refractivity contribution in [2.45, 2.75) is 4.90 Å². The summed E-state index contributed by atoms with van der Waals surface area (Å²) >= 11 is -2.16. The minimum absolute atomic E-state index is 0.261. The van der Waals surface area contributed by atoms with E-state index in [-0.39, 0.29) is 10.8 Å². The molecular formula is C23H18N2O3S. The lowest BCUT2D eigenvalue weighted by Gasteiger charge is -2.11. The summed E-state index contributed by atoms with van der Waals surface area (Å²) in [6.45, 7) is 0. The van der Waals surface area contributed by atoms with Gasteiger partial charge < -0.3 is 15.6 Å². The number of nitrogens with two attached hydrogens (primary N) is 1. The zero-order valence-electron chi connectivity index (χ0n) is 15.3. The summed E-state index contributed by atoms with van der Waals surface area (Å²) < 4.78 is 21.3. The number of rotatable bonds is 4. The van der Waals surface area contributed by atoms with Crippen LogP contribution in [0.2, 0.25) is 0 Å². The van der Waals surface area contributed by atoms with Crippen LogP contribution in [0.1, 0.15) is 10.4 Å². The highest BCUT2D eigenvalue weighted by molar-refractivity contribution is 7.79. The van der Waals surface area contributed by atoms with E-state index in [0.29, 0.717) is 22.3 Å². The van der Waals surface area contributed by atoms with E-state index in [1.54, 1.807) is 36.4 Å². The van der Waals surface area contributed by atoms with Gasteiger partial charge in [-0.3, -0.25) is 4.79 Å². The number of carbonyl (C=O) groups is 1. The van der Waals surface area contributed by atoms with E-state index in [1.807, 2.05) is 48.5 Å². The van der Waals surface area contributed by atoms with Crippen LogP contribution in [0, 0.1) is 0 Å². The zero-order chi connectivity index (χ0) is 20.4. The van der Waals surface area contributed by atoms with Crippen LogP contribution in [0.3, 0.4) is 0 Å². The molecule has 0 aliphatic carbocycles. The van der Waals surface area contributed by atoms with Crippen LogP contribution in [0.15, 0.2) is 89.8 Å². The van der Waals surface area contributed by atoms with Crippen molar-refractivity contribution >= 4 is 39.1 Å². The van der Waals surface area contributed by atoms with Crippen molar-refractivity contribution in [3.63, 3.8) is 0 Å². The monoisotopic (exact) mass is 402 g/mol. The second-order valence-corrected chi connectivity index (χ2v) is 7.50. The molecule has 0 heterocycles. The van der Waals surface area contributed by atoms with Gasteiger partial charge in [0.15, 0.2) is 11.1 Å². The highest BCUT2D eigenvalue weighted by atomic mass is 32.2. The molecule has 5 nitrogen and oxygen atoms in total. The highest BCUT2D eigenvalue weighted by Crippen LogP contribution is 2.29. The van der Waals surface area contributed by atoms with Gasteiger partial charge in [-0.25, -0.2) is 4.21 Å². The third kappa shape index (κ3) is 3.89. The van der Waals surface area contributed by atoms with Gasteiger partial charge in [-0.1, -0.05) is 48.5 Å². The summed E-state index contributed by atoms with van der Waals surface area (Å²) in [7, 11) is 0. The summed E-state index contributed by atoms with van der Waals surface area (Å²) in [5, 5.41) is 4.20. The molecule has 29 heavy (non-hydrogen) atoms. The van der Waals surface area contributed by atoms with Crippen molar-refractivity contribution in [3.8, 4) is 11.1 Å². The van der Waals surface area contributed by atoms with Crippen LogP contribution in [-0.4, -0.2) is 14.7 Å². The maximum atomic E-state index is 12.8. The Bertz CT molecular complexity index is 1210. The van der Waals surface area contributed by atoms with Gasteiger partial charge in [0.2, 0.25) is 0 Å². The van der Waals surface area contributed by atoms with Crippen molar-refractivity contribution < 1.29 is 13.6 Å². The smallest absolute Gasteiger partial charge is 0.255 e. The number of fused-ring (bicyclic) bond motifs is 1. The van der Waals surface area contributed by atoms with Crippen LogP contribution < -0.4 is 11.1 Å². The molecule has 0 spiro atoms. The molecule has 0 aromatic heterocycles. The first kappa shape index (κ1) is 18.9. The Hall–Kier alpha value is -3.48. The maximum absolute atomic E-state index is 12.8. The number of hydrogen-bond donors (Lipinski definition) is 3. The molecule has 0 bridgehead atoms. The average molecular weight is 402 g/mol. The normalized spacial score (nSPS) is 11.9. The number of carbonyl (C=O) groups excluding carboxylic acids is 1. The van der Waals surface area contributed by atoms with Crippen LogP contribution in [-0.2, 0) is 11.1 Å². The molecule has 4 aromatic carbocycles. The average Bonchev–Trinajstić information content (AvgIpc) is 2.74. The lowest BCUT2D eigenvalue weighted by atomic mass is 10.0. The lowest BCUT2D eigenvalue weighted by molar-refractivity contribution is 0.102. The van der Waals surface area contributed by atoms with Gasteiger partial charge >= 0.3 is 0 Å². The van der Waals surface area contributed by atoms with Crippen molar-refractivity contribution in [1.29, 1.82) is 0 Å². The van der Waals surface area contributed by atoms with Crippen LogP contribution in [0.25, 0.3) is 21.9 Å².